The molecule has 0 heterocycles. The van der Waals surface area contributed by atoms with Crippen LogP contribution in [0, 0.1) is 11.8 Å². The molecular formula is C17H32N2O4. The van der Waals surface area contributed by atoms with Crippen molar-refractivity contribution in [1.82, 2.24) is 10.6 Å². The fraction of sp³-hybridized carbons (Fsp3) is 0.824. The smallest absolute Gasteiger partial charge is 0.408 e. The standard InChI is InChI=1S/C17H32N2O4/c1-11(2)8-13(10-20)18-15(21)14(9-12(3)4)19-16(22)23-17(5,6)7/h10-14H,8-9H2,1-7H3,(H,18,21)(H,19,22)/t13-,14-/m0/s1. The first kappa shape index (κ1) is 21.4. The molecule has 0 spiro atoms. The number of ether oxygens (including phenoxy) is 1. The Morgan fingerprint density at radius 1 is 1.00 bits per heavy atom. The van der Waals surface area contributed by atoms with Crippen molar-refractivity contribution in [2.45, 2.75) is 79.0 Å². The molecule has 0 bridgehead atoms. The zero-order valence-corrected chi connectivity index (χ0v) is 15.4. The van der Waals surface area contributed by atoms with E-state index in [1.54, 1.807) is 20.8 Å². The molecule has 0 aromatic rings. The number of hydrogen-bond donors (Lipinski definition) is 2. The quantitative estimate of drug-likeness (QED) is 0.671. The van der Waals surface area contributed by atoms with Crippen LogP contribution >= 0.6 is 0 Å². The largest absolute Gasteiger partial charge is 0.444 e. The molecule has 0 saturated heterocycles. The Kier molecular flexibility index (Phi) is 8.87. The van der Waals surface area contributed by atoms with Crippen molar-refractivity contribution in [3.63, 3.8) is 0 Å². The van der Waals surface area contributed by atoms with Crippen LogP contribution in [0.4, 0.5) is 4.79 Å². The minimum Gasteiger partial charge on any atom is -0.444 e. The SMILES string of the molecule is CC(C)C[C@@H](C=O)NC(=O)[C@H](CC(C)C)NC(=O)OC(C)(C)C. The lowest BCUT2D eigenvalue weighted by Crippen LogP contribution is -2.51. The van der Waals surface area contributed by atoms with Gasteiger partial charge < -0.3 is 20.2 Å². The van der Waals surface area contributed by atoms with Gasteiger partial charge in [0.2, 0.25) is 5.91 Å². The van der Waals surface area contributed by atoms with Gasteiger partial charge in [0.25, 0.3) is 0 Å². The first-order valence-electron chi connectivity index (χ1n) is 8.19. The number of alkyl carbamates (subject to hydrolysis) is 1. The van der Waals surface area contributed by atoms with Crippen LogP contribution in [0.2, 0.25) is 0 Å². The van der Waals surface area contributed by atoms with Gasteiger partial charge in [0.1, 0.15) is 17.9 Å². The maximum Gasteiger partial charge on any atom is 0.408 e. The Morgan fingerprint density at radius 3 is 1.91 bits per heavy atom. The lowest BCUT2D eigenvalue weighted by Gasteiger charge is -2.25. The normalized spacial score (nSPS) is 14.3. The first-order valence-corrected chi connectivity index (χ1v) is 8.19. The van der Waals surface area contributed by atoms with Crippen LogP contribution in [0.25, 0.3) is 0 Å². The molecule has 0 aliphatic heterocycles. The number of hydrogen-bond acceptors (Lipinski definition) is 4. The minimum absolute atomic E-state index is 0.209. The van der Waals surface area contributed by atoms with E-state index in [2.05, 4.69) is 10.6 Å². The fourth-order valence-electron chi connectivity index (χ4n) is 2.09. The summed E-state index contributed by atoms with van der Waals surface area (Å²) in [5.41, 5.74) is -0.633. The average Bonchev–Trinajstić information content (AvgIpc) is 2.33. The molecule has 6 heteroatoms. The van der Waals surface area contributed by atoms with E-state index >= 15 is 0 Å². The number of aldehydes is 1. The highest BCUT2D eigenvalue weighted by Gasteiger charge is 2.26. The maximum absolute atomic E-state index is 12.4. The average molecular weight is 328 g/mol. The third kappa shape index (κ3) is 10.7. The van der Waals surface area contributed by atoms with Crippen molar-refractivity contribution in [2.75, 3.05) is 0 Å². The molecule has 6 nitrogen and oxygen atoms in total. The molecule has 0 saturated carbocycles. The summed E-state index contributed by atoms with van der Waals surface area (Å²) in [5.74, 6) is 0.135. The number of nitrogens with one attached hydrogen (secondary N) is 2. The Bertz CT molecular complexity index is 400. The predicted octanol–water partition coefficient (Wildman–Crippen LogP) is 2.66. The van der Waals surface area contributed by atoms with Gasteiger partial charge in [-0.3, -0.25) is 4.79 Å². The van der Waals surface area contributed by atoms with Crippen molar-refractivity contribution in [1.29, 1.82) is 0 Å². The molecule has 0 fully saturated rings. The molecule has 0 aliphatic rings. The van der Waals surface area contributed by atoms with Gasteiger partial charge in [-0.25, -0.2) is 4.79 Å². The summed E-state index contributed by atoms with van der Waals surface area (Å²) in [6, 6.07) is -1.27. The molecule has 134 valence electrons. The Balaban J connectivity index is 4.84. The van der Waals surface area contributed by atoms with Gasteiger partial charge in [0, 0.05) is 0 Å². The summed E-state index contributed by atoms with van der Waals surface area (Å²) in [6.45, 7) is 13.2. The summed E-state index contributed by atoms with van der Waals surface area (Å²) in [6.07, 6.45) is 1.14. The Morgan fingerprint density at radius 2 is 1.52 bits per heavy atom. The van der Waals surface area contributed by atoms with Gasteiger partial charge >= 0.3 is 6.09 Å². The lowest BCUT2D eigenvalue weighted by molar-refractivity contribution is -0.126. The van der Waals surface area contributed by atoms with Gasteiger partial charge in [-0.1, -0.05) is 27.7 Å². The lowest BCUT2D eigenvalue weighted by atomic mass is 10.0. The van der Waals surface area contributed by atoms with E-state index in [0.717, 1.165) is 6.29 Å². The van der Waals surface area contributed by atoms with E-state index < -0.39 is 23.8 Å². The number of rotatable bonds is 8. The molecule has 0 aromatic heterocycles. The third-order valence-corrected chi connectivity index (χ3v) is 2.93. The van der Waals surface area contributed by atoms with Crippen molar-refractivity contribution in [3.05, 3.63) is 0 Å². The Labute approximate surface area is 139 Å². The number of carbonyl (C=O) groups is 3. The molecule has 0 unspecified atom stereocenters. The number of carbonyl (C=O) groups excluding carboxylic acids is 3. The molecule has 2 atom stereocenters. The van der Waals surface area contributed by atoms with Gasteiger partial charge in [0.05, 0.1) is 6.04 Å². The van der Waals surface area contributed by atoms with Crippen molar-refractivity contribution < 1.29 is 19.1 Å². The summed E-state index contributed by atoms with van der Waals surface area (Å²) in [4.78, 5) is 35.4. The second-order valence-electron chi connectivity index (χ2n) is 7.71. The van der Waals surface area contributed by atoms with Crippen LogP contribution in [0.1, 0.15) is 61.3 Å². The minimum atomic E-state index is -0.723. The molecule has 0 radical (unpaired) electrons. The zero-order chi connectivity index (χ0) is 18.2. The third-order valence-electron chi connectivity index (χ3n) is 2.93. The molecule has 0 rings (SSSR count). The summed E-state index contributed by atoms with van der Waals surface area (Å²) in [5, 5.41) is 5.29. The van der Waals surface area contributed by atoms with Gasteiger partial charge in [-0.05, 0) is 45.4 Å². The van der Waals surface area contributed by atoms with E-state index in [4.69, 9.17) is 4.74 Å². The second kappa shape index (κ2) is 9.53. The van der Waals surface area contributed by atoms with E-state index in [1.165, 1.54) is 0 Å². The Hall–Kier alpha value is -1.59. The monoisotopic (exact) mass is 328 g/mol. The van der Waals surface area contributed by atoms with E-state index in [0.29, 0.717) is 12.8 Å². The van der Waals surface area contributed by atoms with Gasteiger partial charge in [0.15, 0.2) is 0 Å². The highest BCUT2D eigenvalue weighted by Crippen LogP contribution is 2.10. The molecular weight excluding hydrogens is 296 g/mol. The predicted molar refractivity (Wildman–Crippen MR) is 90.1 cm³/mol. The van der Waals surface area contributed by atoms with Crippen molar-refractivity contribution in [3.8, 4) is 0 Å². The maximum atomic E-state index is 12.4. The number of amides is 2. The molecule has 2 amide bonds. The second-order valence-corrected chi connectivity index (χ2v) is 7.71. The van der Waals surface area contributed by atoms with Crippen LogP contribution < -0.4 is 10.6 Å². The molecule has 0 aliphatic carbocycles. The van der Waals surface area contributed by atoms with Crippen molar-refractivity contribution in [2.24, 2.45) is 11.8 Å². The molecule has 23 heavy (non-hydrogen) atoms. The summed E-state index contributed by atoms with van der Waals surface area (Å²) < 4.78 is 5.20. The van der Waals surface area contributed by atoms with Crippen LogP contribution in [-0.4, -0.2) is 36.0 Å². The van der Waals surface area contributed by atoms with Crippen molar-refractivity contribution >= 4 is 18.3 Å². The van der Waals surface area contributed by atoms with Crippen LogP contribution in [-0.2, 0) is 14.3 Å². The van der Waals surface area contributed by atoms with E-state index in [-0.39, 0.29) is 17.7 Å². The first-order chi connectivity index (χ1) is 10.4. The molecule has 0 aromatic carbocycles. The van der Waals surface area contributed by atoms with Crippen LogP contribution in [0.15, 0.2) is 0 Å². The highest BCUT2D eigenvalue weighted by atomic mass is 16.6. The van der Waals surface area contributed by atoms with E-state index in [1.807, 2.05) is 27.7 Å². The van der Waals surface area contributed by atoms with Gasteiger partial charge in [-0.15, -0.1) is 0 Å². The zero-order valence-electron chi connectivity index (χ0n) is 15.4. The molecule has 2 N–H and O–H groups in total. The summed E-state index contributed by atoms with van der Waals surface area (Å²) >= 11 is 0. The van der Waals surface area contributed by atoms with E-state index in [9.17, 15) is 14.4 Å². The van der Waals surface area contributed by atoms with Crippen LogP contribution in [0.3, 0.4) is 0 Å². The highest BCUT2D eigenvalue weighted by molar-refractivity contribution is 5.87. The summed E-state index contributed by atoms with van der Waals surface area (Å²) in [7, 11) is 0. The van der Waals surface area contributed by atoms with Crippen LogP contribution in [0.5, 0.6) is 0 Å². The van der Waals surface area contributed by atoms with Gasteiger partial charge in [-0.2, -0.15) is 0 Å². The topological polar surface area (TPSA) is 84.5 Å². The fourth-order valence-corrected chi connectivity index (χ4v) is 2.09.